The predicted molar refractivity (Wildman–Crippen MR) is 66.5 cm³/mol. The molecule has 0 fully saturated rings. The molecule has 0 saturated heterocycles. The number of hydrogen-bond donors (Lipinski definition) is 0. The van der Waals surface area contributed by atoms with Crippen molar-refractivity contribution in [2.45, 2.75) is 66.7 Å². The Morgan fingerprint density at radius 2 is 1.57 bits per heavy atom. The van der Waals surface area contributed by atoms with E-state index in [0.717, 1.165) is 11.8 Å². The SMILES string of the molecule is CCCC(C)C=C(CC)C(C)CCC. The molecule has 0 heteroatoms. The molecule has 0 radical (unpaired) electrons. The van der Waals surface area contributed by atoms with Crippen molar-refractivity contribution in [3.8, 4) is 0 Å². The second-order valence-corrected chi connectivity index (χ2v) is 4.55. The van der Waals surface area contributed by atoms with E-state index in [2.05, 4.69) is 40.7 Å². The van der Waals surface area contributed by atoms with Crippen molar-refractivity contribution in [1.29, 1.82) is 0 Å². The number of rotatable bonds is 7. The van der Waals surface area contributed by atoms with Gasteiger partial charge in [0.25, 0.3) is 0 Å². The highest BCUT2D eigenvalue weighted by molar-refractivity contribution is 5.06. The Morgan fingerprint density at radius 1 is 1.00 bits per heavy atom. The fraction of sp³-hybridized carbons (Fsp3) is 0.857. The zero-order chi connectivity index (χ0) is 11.0. The zero-order valence-corrected chi connectivity index (χ0v) is 10.8. The molecule has 0 aromatic carbocycles. The van der Waals surface area contributed by atoms with E-state index in [1.807, 2.05) is 0 Å². The molecule has 0 aliphatic heterocycles. The molecule has 14 heavy (non-hydrogen) atoms. The summed E-state index contributed by atoms with van der Waals surface area (Å²) < 4.78 is 0. The van der Waals surface area contributed by atoms with Gasteiger partial charge in [0.1, 0.15) is 0 Å². The molecule has 0 aliphatic rings. The number of hydrogen-bond acceptors (Lipinski definition) is 0. The Hall–Kier alpha value is -0.260. The average molecular weight is 196 g/mol. The smallest absolute Gasteiger partial charge is 0.0232 e. The molecular weight excluding hydrogens is 168 g/mol. The molecular formula is C14H28. The van der Waals surface area contributed by atoms with Crippen LogP contribution in [0.1, 0.15) is 66.7 Å². The summed E-state index contributed by atoms with van der Waals surface area (Å²) in [6, 6.07) is 0. The second kappa shape index (κ2) is 8.08. The van der Waals surface area contributed by atoms with Crippen molar-refractivity contribution in [1.82, 2.24) is 0 Å². The van der Waals surface area contributed by atoms with Crippen LogP contribution in [0.2, 0.25) is 0 Å². The summed E-state index contributed by atoms with van der Waals surface area (Å²) >= 11 is 0. The van der Waals surface area contributed by atoms with E-state index in [9.17, 15) is 0 Å². The minimum Gasteiger partial charge on any atom is -0.0822 e. The molecule has 0 aliphatic carbocycles. The summed E-state index contributed by atoms with van der Waals surface area (Å²) in [6.07, 6.45) is 9.04. The molecule has 0 aromatic heterocycles. The van der Waals surface area contributed by atoms with Crippen LogP contribution in [-0.4, -0.2) is 0 Å². The molecule has 0 nitrogen and oxygen atoms in total. The van der Waals surface area contributed by atoms with Crippen LogP contribution in [0.4, 0.5) is 0 Å². The van der Waals surface area contributed by atoms with Crippen molar-refractivity contribution < 1.29 is 0 Å². The van der Waals surface area contributed by atoms with Gasteiger partial charge < -0.3 is 0 Å². The maximum Gasteiger partial charge on any atom is -0.0232 e. The summed E-state index contributed by atoms with van der Waals surface area (Å²) in [7, 11) is 0. The van der Waals surface area contributed by atoms with Gasteiger partial charge in [0.15, 0.2) is 0 Å². The van der Waals surface area contributed by atoms with Crippen molar-refractivity contribution in [3.05, 3.63) is 11.6 Å². The lowest BCUT2D eigenvalue weighted by Crippen LogP contribution is -2.01. The van der Waals surface area contributed by atoms with E-state index in [4.69, 9.17) is 0 Å². The maximum atomic E-state index is 2.52. The number of allylic oxidation sites excluding steroid dienone is 2. The van der Waals surface area contributed by atoms with Crippen LogP contribution in [0, 0.1) is 11.8 Å². The van der Waals surface area contributed by atoms with Crippen molar-refractivity contribution in [3.63, 3.8) is 0 Å². The Labute approximate surface area is 90.8 Å². The quantitative estimate of drug-likeness (QED) is 0.491. The van der Waals surface area contributed by atoms with Gasteiger partial charge in [-0.3, -0.25) is 0 Å². The van der Waals surface area contributed by atoms with Crippen LogP contribution >= 0.6 is 0 Å². The first-order chi connectivity index (χ1) is 6.65. The molecule has 2 unspecified atom stereocenters. The van der Waals surface area contributed by atoms with Gasteiger partial charge in [-0.05, 0) is 31.1 Å². The van der Waals surface area contributed by atoms with E-state index in [1.165, 1.54) is 32.1 Å². The summed E-state index contributed by atoms with van der Waals surface area (Å²) in [5.74, 6) is 1.57. The fourth-order valence-electron chi connectivity index (χ4n) is 2.15. The van der Waals surface area contributed by atoms with Gasteiger partial charge >= 0.3 is 0 Å². The van der Waals surface area contributed by atoms with Gasteiger partial charge in [-0.15, -0.1) is 0 Å². The Morgan fingerprint density at radius 3 is 2.00 bits per heavy atom. The monoisotopic (exact) mass is 196 g/mol. The van der Waals surface area contributed by atoms with Crippen molar-refractivity contribution in [2.75, 3.05) is 0 Å². The van der Waals surface area contributed by atoms with E-state index in [0.29, 0.717) is 0 Å². The molecule has 84 valence electrons. The van der Waals surface area contributed by atoms with Gasteiger partial charge in [0, 0.05) is 0 Å². The Kier molecular flexibility index (Phi) is 7.93. The lowest BCUT2D eigenvalue weighted by Gasteiger charge is -2.16. The molecule has 0 heterocycles. The first-order valence-corrected chi connectivity index (χ1v) is 6.36. The van der Waals surface area contributed by atoms with Crippen LogP contribution in [-0.2, 0) is 0 Å². The first kappa shape index (κ1) is 13.7. The molecule has 0 N–H and O–H groups in total. The van der Waals surface area contributed by atoms with E-state index in [1.54, 1.807) is 5.57 Å². The van der Waals surface area contributed by atoms with Crippen molar-refractivity contribution in [2.24, 2.45) is 11.8 Å². The van der Waals surface area contributed by atoms with Crippen LogP contribution in [0.15, 0.2) is 11.6 Å². The third-order valence-corrected chi connectivity index (χ3v) is 3.01. The molecule has 0 rings (SSSR count). The highest BCUT2D eigenvalue weighted by Crippen LogP contribution is 2.22. The van der Waals surface area contributed by atoms with Crippen LogP contribution in [0.5, 0.6) is 0 Å². The molecule has 0 aromatic rings. The maximum absolute atomic E-state index is 2.52. The lowest BCUT2D eigenvalue weighted by atomic mass is 9.90. The normalized spacial score (nSPS) is 16.8. The summed E-state index contributed by atoms with van der Waals surface area (Å²) in [5.41, 5.74) is 1.67. The molecule has 0 amide bonds. The minimum atomic E-state index is 0.772. The summed E-state index contributed by atoms with van der Waals surface area (Å²) in [5, 5.41) is 0. The van der Waals surface area contributed by atoms with E-state index >= 15 is 0 Å². The molecule has 0 saturated carbocycles. The minimum absolute atomic E-state index is 0.772. The third kappa shape index (κ3) is 5.47. The second-order valence-electron chi connectivity index (χ2n) is 4.55. The van der Waals surface area contributed by atoms with Crippen LogP contribution < -0.4 is 0 Å². The van der Waals surface area contributed by atoms with Gasteiger partial charge in [-0.25, -0.2) is 0 Å². The first-order valence-electron chi connectivity index (χ1n) is 6.36. The third-order valence-electron chi connectivity index (χ3n) is 3.01. The predicted octanol–water partition coefficient (Wildman–Crippen LogP) is 5.20. The van der Waals surface area contributed by atoms with Gasteiger partial charge in [0.2, 0.25) is 0 Å². The lowest BCUT2D eigenvalue weighted by molar-refractivity contribution is 0.562. The molecule has 0 spiro atoms. The van der Waals surface area contributed by atoms with Crippen molar-refractivity contribution >= 4 is 0 Å². The Balaban J connectivity index is 4.21. The largest absolute Gasteiger partial charge is 0.0822 e. The molecule has 0 bridgehead atoms. The van der Waals surface area contributed by atoms with Gasteiger partial charge in [0.05, 0.1) is 0 Å². The summed E-state index contributed by atoms with van der Waals surface area (Å²) in [6.45, 7) is 11.6. The molecule has 2 atom stereocenters. The standard InChI is InChI=1S/C14H28/c1-6-9-12(4)11-14(8-3)13(5)10-7-2/h11-13H,6-10H2,1-5H3. The van der Waals surface area contributed by atoms with Crippen LogP contribution in [0.25, 0.3) is 0 Å². The highest BCUT2D eigenvalue weighted by atomic mass is 14.1. The highest BCUT2D eigenvalue weighted by Gasteiger charge is 2.07. The summed E-state index contributed by atoms with van der Waals surface area (Å²) in [4.78, 5) is 0. The van der Waals surface area contributed by atoms with E-state index in [-0.39, 0.29) is 0 Å². The van der Waals surface area contributed by atoms with Gasteiger partial charge in [-0.1, -0.05) is 59.1 Å². The zero-order valence-electron chi connectivity index (χ0n) is 10.8. The Bertz CT molecular complexity index is 155. The van der Waals surface area contributed by atoms with Gasteiger partial charge in [-0.2, -0.15) is 0 Å². The van der Waals surface area contributed by atoms with Crippen LogP contribution in [0.3, 0.4) is 0 Å². The fourth-order valence-corrected chi connectivity index (χ4v) is 2.15. The van der Waals surface area contributed by atoms with E-state index < -0.39 is 0 Å². The average Bonchev–Trinajstić information content (AvgIpc) is 2.15. The topological polar surface area (TPSA) is 0 Å².